The topological polar surface area (TPSA) is 106 Å². The number of nitriles is 1. The van der Waals surface area contributed by atoms with Gasteiger partial charge in [0.15, 0.2) is 5.17 Å². The molecule has 1 aromatic heterocycles. The van der Waals surface area contributed by atoms with Gasteiger partial charge in [0, 0.05) is 25.2 Å². The van der Waals surface area contributed by atoms with E-state index in [1.54, 1.807) is 13.2 Å². The van der Waals surface area contributed by atoms with E-state index in [0.717, 1.165) is 16.5 Å². The largest absolute Gasteiger partial charge is 0.492 e. The van der Waals surface area contributed by atoms with Gasteiger partial charge in [-0.15, -0.1) is 0 Å². The van der Waals surface area contributed by atoms with Crippen LogP contribution in [-0.4, -0.2) is 56.1 Å². The van der Waals surface area contributed by atoms with Crippen LogP contribution in [0.4, 0.5) is 0 Å². The van der Waals surface area contributed by atoms with Crippen LogP contribution in [0.2, 0.25) is 0 Å². The number of aromatic nitrogens is 1. The van der Waals surface area contributed by atoms with Crippen molar-refractivity contribution >= 4 is 39.8 Å². The first-order valence-corrected chi connectivity index (χ1v) is 10.3. The number of benzene rings is 1. The van der Waals surface area contributed by atoms with Gasteiger partial charge in [-0.1, -0.05) is 6.07 Å². The van der Waals surface area contributed by atoms with Crippen molar-refractivity contribution in [1.82, 2.24) is 10.3 Å². The summed E-state index contributed by atoms with van der Waals surface area (Å²) in [5.74, 6) is 0.208. The third-order valence-electron chi connectivity index (χ3n) is 4.12. The van der Waals surface area contributed by atoms with Gasteiger partial charge < -0.3 is 19.5 Å². The highest BCUT2D eigenvalue weighted by molar-refractivity contribution is 8.18. The van der Waals surface area contributed by atoms with Crippen LogP contribution in [-0.2, 0) is 14.3 Å². The molecule has 2 heterocycles. The van der Waals surface area contributed by atoms with Gasteiger partial charge in [-0.2, -0.15) is 10.3 Å². The monoisotopic (exact) mass is 426 g/mol. The van der Waals surface area contributed by atoms with Crippen molar-refractivity contribution in [3.05, 3.63) is 40.4 Å². The molecule has 0 fully saturated rings. The maximum Gasteiger partial charge on any atom is 0.286 e. The van der Waals surface area contributed by atoms with E-state index in [-0.39, 0.29) is 5.91 Å². The fourth-order valence-electron chi connectivity index (χ4n) is 2.77. The van der Waals surface area contributed by atoms with E-state index in [1.807, 2.05) is 25.1 Å². The van der Waals surface area contributed by atoms with Gasteiger partial charge in [0.05, 0.1) is 36.8 Å². The Bertz CT molecular complexity index is 1030. The summed E-state index contributed by atoms with van der Waals surface area (Å²) in [7, 11) is 1.62. The molecule has 8 nitrogen and oxygen atoms in total. The Morgan fingerprint density at radius 1 is 1.30 bits per heavy atom. The molecule has 1 aromatic carbocycles. The number of rotatable bonds is 9. The SMILES string of the molecule is CCOc1c(C#N)cnc2ccc(/C=C3\SC(NCCOCCOC)=NC3=O)cc12. The fourth-order valence-corrected chi connectivity index (χ4v) is 3.60. The number of hydrogen-bond donors (Lipinski definition) is 1. The lowest BCUT2D eigenvalue weighted by molar-refractivity contribution is -0.113. The highest BCUT2D eigenvalue weighted by Crippen LogP contribution is 2.32. The molecule has 1 aliphatic rings. The quantitative estimate of drug-likeness (QED) is 0.482. The van der Waals surface area contributed by atoms with Gasteiger partial charge in [0.25, 0.3) is 5.91 Å². The number of methoxy groups -OCH3 is 1. The van der Waals surface area contributed by atoms with Gasteiger partial charge in [-0.05, 0) is 42.5 Å². The third kappa shape index (κ3) is 5.36. The van der Waals surface area contributed by atoms with Crippen molar-refractivity contribution in [2.45, 2.75) is 6.92 Å². The van der Waals surface area contributed by atoms with Crippen LogP contribution < -0.4 is 10.1 Å². The Labute approximate surface area is 178 Å². The molecule has 156 valence electrons. The number of amidine groups is 1. The minimum Gasteiger partial charge on any atom is -0.492 e. The van der Waals surface area contributed by atoms with Crippen LogP contribution in [0.5, 0.6) is 5.75 Å². The molecule has 30 heavy (non-hydrogen) atoms. The van der Waals surface area contributed by atoms with Crippen molar-refractivity contribution in [3.63, 3.8) is 0 Å². The van der Waals surface area contributed by atoms with E-state index in [9.17, 15) is 10.1 Å². The second-order valence-electron chi connectivity index (χ2n) is 6.19. The summed E-state index contributed by atoms with van der Waals surface area (Å²) < 4.78 is 16.0. The summed E-state index contributed by atoms with van der Waals surface area (Å²) in [4.78, 5) is 21.1. The number of pyridine rings is 1. The summed E-state index contributed by atoms with van der Waals surface area (Å²) in [6.45, 7) is 4.41. The Morgan fingerprint density at radius 2 is 2.17 bits per heavy atom. The van der Waals surface area contributed by atoms with Gasteiger partial charge in [0.2, 0.25) is 0 Å². The summed E-state index contributed by atoms with van der Waals surface area (Å²) in [6, 6.07) is 7.68. The average molecular weight is 426 g/mol. The van der Waals surface area contributed by atoms with E-state index in [2.05, 4.69) is 21.4 Å². The van der Waals surface area contributed by atoms with E-state index >= 15 is 0 Å². The Kier molecular flexibility index (Phi) is 7.79. The molecular formula is C21H22N4O4S. The Hall–Kier alpha value is -2.93. The van der Waals surface area contributed by atoms with Gasteiger partial charge in [-0.3, -0.25) is 9.78 Å². The predicted octanol–water partition coefficient (Wildman–Crippen LogP) is 2.73. The molecular weight excluding hydrogens is 404 g/mol. The van der Waals surface area contributed by atoms with Crippen molar-refractivity contribution in [1.29, 1.82) is 5.26 Å². The number of carbonyl (C=O) groups excluding carboxylic acids is 1. The van der Waals surface area contributed by atoms with Crippen molar-refractivity contribution in [2.75, 3.05) is 40.1 Å². The number of ether oxygens (including phenoxy) is 3. The van der Waals surface area contributed by atoms with E-state index in [0.29, 0.717) is 54.4 Å². The standard InChI is InChI=1S/C21H22N4O4S/c1-3-29-19-15(12-22)13-24-17-5-4-14(10-16(17)19)11-18-20(26)25-21(30-18)23-6-7-28-9-8-27-2/h4-5,10-11,13H,3,6-9H2,1-2H3,(H,23,25,26)/b18-11-. The predicted molar refractivity (Wildman–Crippen MR) is 116 cm³/mol. The molecule has 3 rings (SSSR count). The van der Waals surface area contributed by atoms with E-state index < -0.39 is 0 Å². The summed E-state index contributed by atoms with van der Waals surface area (Å²) in [5, 5.41) is 13.7. The number of aliphatic imine (C=N–C) groups is 1. The average Bonchev–Trinajstić information content (AvgIpc) is 3.10. The van der Waals surface area contributed by atoms with Crippen molar-refractivity contribution in [2.24, 2.45) is 4.99 Å². The number of fused-ring (bicyclic) bond motifs is 1. The highest BCUT2D eigenvalue weighted by atomic mass is 32.2. The Balaban J connectivity index is 1.71. The molecule has 9 heteroatoms. The van der Waals surface area contributed by atoms with E-state index in [1.165, 1.54) is 18.0 Å². The molecule has 1 amide bonds. The van der Waals surface area contributed by atoms with Gasteiger partial charge in [-0.25, -0.2) is 0 Å². The third-order valence-corrected chi connectivity index (χ3v) is 5.07. The normalized spacial score (nSPS) is 14.8. The van der Waals surface area contributed by atoms with Crippen LogP contribution in [0.3, 0.4) is 0 Å². The molecule has 0 spiro atoms. The molecule has 0 atom stereocenters. The molecule has 2 aromatic rings. The second-order valence-corrected chi connectivity index (χ2v) is 7.22. The summed E-state index contributed by atoms with van der Waals surface area (Å²) in [5.41, 5.74) is 1.90. The molecule has 0 aliphatic carbocycles. The van der Waals surface area contributed by atoms with Gasteiger partial charge in [0.1, 0.15) is 17.4 Å². The van der Waals surface area contributed by atoms with E-state index in [4.69, 9.17) is 14.2 Å². The lowest BCUT2D eigenvalue weighted by atomic mass is 10.1. The first-order chi connectivity index (χ1) is 14.7. The van der Waals surface area contributed by atoms with Gasteiger partial charge >= 0.3 is 0 Å². The van der Waals surface area contributed by atoms with Crippen LogP contribution in [0, 0.1) is 11.3 Å². The molecule has 1 N–H and O–H groups in total. The zero-order valence-corrected chi connectivity index (χ0v) is 17.6. The molecule has 0 bridgehead atoms. The Morgan fingerprint density at radius 3 is 2.93 bits per heavy atom. The van der Waals surface area contributed by atoms with Crippen molar-refractivity contribution < 1.29 is 19.0 Å². The van der Waals surface area contributed by atoms with Crippen LogP contribution in [0.15, 0.2) is 34.3 Å². The molecule has 0 unspecified atom stereocenters. The molecule has 1 aliphatic heterocycles. The van der Waals surface area contributed by atoms with Crippen LogP contribution in [0.1, 0.15) is 18.1 Å². The number of hydrogen-bond acceptors (Lipinski definition) is 8. The zero-order valence-electron chi connectivity index (χ0n) is 16.8. The maximum absolute atomic E-state index is 12.3. The molecule has 0 saturated carbocycles. The smallest absolute Gasteiger partial charge is 0.286 e. The first kappa shape index (κ1) is 21.8. The number of carbonyl (C=O) groups is 1. The van der Waals surface area contributed by atoms with Crippen LogP contribution >= 0.6 is 11.8 Å². The molecule has 0 saturated heterocycles. The lowest BCUT2D eigenvalue weighted by Gasteiger charge is -2.09. The number of nitrogens with one attached hydrogen (secondary N) is 1. The number of thioether (sulfide) groups is 1. The molecule has 0 radical (unpaired) electrons. The lowest BCUT2D eigenvalue weighted by Crippen LogP contribution is -2.24. The highest BCUT2D eigenvalue weighted by Gasteiger charge is 2.21. The minimum atomic E-state index is -0.295. The summed E-state index contributed by atoms with van der Waals surface area (Å²) >= 11 is 1.28. The zero-order chi connectivity index (χ0) is 21.3. The number of nitrogens with zero attached hydrogens (tertiary/aromatic N) is 3. The second kappa shape index (κ2) is 10.7. The minimum absolute atomic E-state index is 0.295. The summed E-state index contributed by atoms with van der Waals surface area (Å²) in [6.07, 6.45) is 3.28. The first-order valence-electron chi connectivity index (χ1n) is 9.45. The van der Waals surface area contributed by atoms with Crippen LogP contribution in [0.25, 0.3) is 17.0 Å². The van der Waals surface area contributed by atoms with Crippen molar-refractivity contribution in [3.8, 4) is 11.8 Å². The fraction of sp³-hybridized carbons (Fsp3) is 0.333. The number of amides is 1. The maximum atomic E-state index is 12.3.